The number of nitrogens with zero attached hydrogens (tertiary/aromatic N) is 2. The van der Waals surface area contributed by atoms with Crippen molar-refractivity contribution < 1.29 is 4.79 Å². The third-order valence-corrected chi connectivity index (χ3v) is 5.65. The minimum atomic E-state index is 0.0442. The number of hydrogen-bond donors (Lipinski definition) is 1. The number of benzene rings is 2. The molecule has 0 aliphatic carbocycles. The van der Waals surface area contributed by atoms with Crippen LogP contribution in [0.1, 0.15) is 36.0 Å². The summed E-state index contributed by atoms with van der Waals surface area (Å²) in [7, 11) is 3.58. The van der Waals surface area contributed by atoms with Gasteiger partial charge in [0.1, 0.15) is 0 Å². The number of piperidine rings is 1. The fourth-order valence-corrected chi connectivity index (χ4v) is 4.42. The number of carbonyl (C=O) groups is 1. The van der Waals surface area contributed by atoms with Crippen LogP contribution in [0.3, 0.4) is 0 Å². The Labute approximate surface area is 155 Å². The van der Waals surface area contributed by atoms with Gasteiger partial charge in [-0.3, -0.25) is 4.79 Å². The van der Waals surface area contributed by atoms with E-state index in [1.165, 1.54) is 31.4 Å². The first-order chi connectivity index (χ1) is 12.6. The van der Waals surface area contributed by atoms with Crippen molar-refractivity contribution in [3.05, 3.63) is 60.2 Å². The SMILES string of the molecule is CN(C)C(=O)c1ccc(N(c2ccccc2)C2CC3CCC(C2)N3)cc1. The molecule has 0 spiro atoms. The molecule has 1 amide bonds. The van der Waals surface area contributed by atoms with Gasteiger partial charge in [-0.05, 0) is 62.1 Å². The highest BCUT2D eigenvalue weighted by atomic mass is 16.2. The number of hydrogen-bond acceptors (Lipinski definition) is 3. The minimum absolute atomic E-state index is 0.0442. The number of rotatable bonds is 4. The van der Waals surface area contributed by atoms with Gasteiger partial charge in [0.15, 0.2) is 0 Å². The van der Waals surface area contributed by atoms with Crippen LogP contribution in [-0.2, 0) is 0 Å². The van der Waals surface area contributed by atoms with Gasteiger partial charge in [0.2, 0.25) is 0 Å². The Balaban J connectivity index is 1.66. The summed E-state index contributed by atoms with van der Waals surface area (Å²) in [5, 5.41) is 3.74. The molecular formula is C22H27N3O. The molecule has 4 rings (SSSR count). The van der Waals surface area contributed by atoms with E-state index in [2.05, 4.69) is 52.7 Å². The number of amides is 1. The molecule has 2 heterocycles. The molecule has 4 nitrogen and oxygen atoms in total. The molecule has 2 fully saturated rings. The van der Waals surface area contributed by atoms with Gasteiger partial charge in [-0.2, -0.15) is 0 Å². The molecule has 0 aromatic heterocycles. The summed E-state index contributed by atoms with van der Waals surface area (Å²) >= 11 is 0. The number of para-hydroxylation sites is 1. The molecule has 2 saturated heterocycles. The zero-order valence-electron chi connectivity index (χ0n) is 15.6. The lowest BCUT2D eigenvalue weighted by Crippen LogP contribution is -2.46. The Hall–Kier alpha value is -2.33. The fraction of sp³-hybridized carbons (Fsp3) is 0.409. The van der Waals surface area contributed by atoms with E-state index in [-0.39, 0.29) is 5.91 Å². The predicted molar refractivity (Wildman–Crippen MR) is 106 cm³/mol. The Bertz CT molecular complexity index is 745. The Morgan fingerprint density at radius 2 is 1.46 bits per heavy atom. The van der Waals surface area contributed by atoms with Crippen molar-refractivity contribution in [1.29, 1.82) is 0 Å². The molecule has 1 N–H and O–H groups in total. The van der Waals surface area contributed by atoms with Crippen LogP contribution in [0.4, 0.5) is 11.4 Å². The summed E-state index contributed by atoms with van der Waals surface area (Å²) in [5.74, 6) is 0.0442. The highest BCUT2D eigenvalue weighted by molar-refractivity contribution is 5.94. The van der Waals surface area contributed by atoms with Gasteiger partial charge in [-0.25, -0.2) is 0 Å². The van der Waals surface area contributed by atoms with Gasteiger partial charge < -0.3 is 15.1 Å². The smallest absolute Gasteiger partial charge is 0.253 e. The second kappa shape index (κ2) is 7.12. The predicted octanol–water partition coefficient (Wildman–Crippen LogP) is 3.81. The van der Waals surface area contributed by atoms with Crippen LogP contribution in [0, 0.1) is 0 Å². The van der Waals surface area contributed by atoms with Gasteiger partial charge in [-0.15, -0.1) is 0 Å². The lowest BCUT2D eigenvalue weighted by Gasteiger charge is -2.39. The Kier molecular flexibility index (Phi) is 4.68. The summed E-state index contributed by atoms with van der Waals surface area (Å²) < 4.78 is 0. The molecule has 2 aliphatic rings. The first-order valence-corrected chi connectivity index (χ1v) is 9.54. The molecular weight excluding hydrogens is 322 g/mol. The van der Waals surface area contributed by atoms with Crippen molar-refractivity contribution in [3.8, 4) is 0 Å². The largest absolute Gasteiger partial charge is 0.345 e. The van der Waals surface area contributed by atoms with Crippen LogP contribution in [0.5, 0.6) is 0 Å². The lowest BCUT2D eigenvalue weighted by atomic mass is 9.96. The van der Waals surface area contributed by atoms with Crippen molar-refractivity contribution in [2.24, 2.45) is 0 Å². The van der Waals surface area contributed by atoms with Crippen molar-refractivity contribution in [1.82, 2.24) is 10.2 Å². The highest BCUT2D eigenvalue weighted by Crippen LogP contribution is 2.36. The summed E-state index contributed by atoms with van der Waals surface area (Å²) in [5.41, 5.74) is 3.13. The summed E-state index contributed by atoms with van der Waals surface area (Å²) in [4.78, 5) is 16.3. The third kappa shape index (κ3) is 3.34. The first-order valence-electron chi connectivity index (χ1n) is 9.54. The zero-order valence-corrected chi connectivity index (χ0v) is 15.6. The zero-order chi connectivity index (χ0) is 18.1. The van der Waals surface area contributed by atoms with E-state index >= 15 is 0 Å². The highest BCUT2D eigenvalue weighted by Gasteiger charge is 2.36. The van der Waals surface area contributed by atoms with Gasteiger partial charge in [-0.1, -0.05) is 18.2 Å². The normalized spacial score (nSPS) is 24.3. The molecule has 4 heteroatoms. The second-order valence-electron chi connectivity index (χ2n) is 7.72. The molecule has 2 atom stereocenters. The molecule has 2 aromatic carbocycles. The molecule has 2 aliphatic heterocycles. The average molecular weight is 349 g/mol. The van der Waals surface area contributed by atoms with E-state index in [0.29, 0.717) is 18.1 Å². The number of nitrogens with one attached hydrogen (secondary N) is 1. The van der Waals surface area contributed by atoms with E-state index in [4.69, 9.17) is 0 Å². The van der Waals surface area contributed by atoms with E-state index in [1.54, 1.807) is 19.0 Å². The van der Waals surface area contributed by atoms with Crippen LogP contribution in [-0.4, -0.2) is 43.0 Å². The van der Waals surface area contributed by atoms with E-state index in [1.807, 2.05) is 12.1 Å². The van der Waals surface area contributed by atoms with Crippen LogP contribution < -0.4 is 10.2 Å². The Morgan fingerprint density at radius 3 is 2.04 bits per heavy atom. The maximum Gasteiger partial charge on any atom is 0.253 e. The third-order valence-electron chi connectivity index (χ3n) is 5.65. The Morgan fingerprint density at radius 1 is 0.885 bits per heavy atom. The minimum Gasteiger partial charge on any atom is -0.345 e. The van der Waals surface area contributed by atoms with Gasteiger partial charge in [0.05, 0.1) is 0 Å². The van der Waals surface area contributed by atoms with Crippen molar-refractivity contribution in [2.45, 2.75) is 43.8 Å². The summed E-state index contributed by atoms with van der Waals surface area (Å²) in [6, 6.07) is 20.5. The van der Waals surface area contributed by atoms with Crippen LogP contribution in [0.2, 0.25) is 0 Å². The first kappa shape index (κ1) is 17.1. The molecule has 0 saturated carbocycles. The van der Waals surface area contributed by atoms with Crippen LogP contribution in [0.25, 0.3) is 0 Å². The molecule has 136 valence electrons. The van der Waals surface area contributed by atoms with Gasteiger partial charge in [0, 0.05) is 49.2 Å². The van der Waals surface area contributed by atoms with Gasteiger partial charge >= 0.3 is 0 Å². The maximum atomic E-state index is 12.2. The van der Waals surface area contributed by atoms with Crippen molar-refractivity contribution in [2.75, 3.05) is 19.0 Å². The van der Waals surface area contributed by atoms with Gasteiger partial charge in [0.25, 0.3) is 5.91 Å². The summed E-state index contributed by atoms with van der Waals surface area (Å²) in [6.07, 6.45) is 4.92. The standard InChI is InChI=1S/C22H27N3O/c1-24(2)22(26)16-8-12-20(13-9-16)25(19-6-4-3-5-7-19)21-14-17-10-11-18(15-21)23-17/h3-9,12-13,17-18,21,23H,10-11,14-15H2,1-2H3. The molecule has 0 radical (unpaired) electrons. The van der Waals surface area contributed by atoms with E-state index in [0.717, 1.165) is 11.3 Å². The van der Waals surface area contributed by atoms with E-state index < -0.39 is 0 Å². The average Bonchev–Trinajstić information content (AvgIpc) is 3.01. The van der Waals surface area contributed by atoms with E-state index in [9.17, 15) is 4.79 Å². The van der Waals surface area contributed by atoms with Crippen LogP contribution in [0.15, 0.2) is 54.6 Å². The number of carbonyl (C=O) groups excluding carboxylic acids is 1. The monoisotopic (exact) mass is 349 g/mol. The fourth-order valence-electron chi connectivity index (χ4n) is 4.42. The summed E-state index contributed by atoms with van der Waals surface area (Å²) in [6.45, 7) is 0. The lowest BCUT2D eigenvalue weighted by molar-refractivity contribution is 0.0827. The second-order valence-corrected chi connectivity index (χ2v) is 7.72. The topological polar surface area (TPSA) is 35.6 Å². The van der Waals surface area contributed by atoms with Crippen LogP contribution >= 0.6 is 0 Å². The number of anilines is 2. The molecule has 2 bridgehead atoms. The molecule has 2 aromatic rings. The number of fused-ring (bicyclic) bond motifs is 2. The quantitative estimate of drug-likeness (QED) is 0.912. The van der Waals surface area contributed by atoms with Crippen molar-refractivity contribution >= 4 is 17.3 Å². The maximum absolute atomic E-state index is 12.2. The molecule has 26 heavy (non-hydrogen) atoms. The van der Waals surface area contributed by atoms with Crippen molar-refractivity contribution in [3.63, 3.8) is 0 Å². The molecule has 2 unspecified atom stereocenters.